The second-order valence-corrected chi connectivity index (χ2v) is 2.87. The summed E-state index contributed by atoms with van der Waals surface area (Å²) in [5, 5.41) is 8.67. The van der Waals surface area contributed by atoms with Crippen LogP contribution in [0.4, 0.5) is 0 Å². The molecular formula is C11H14O. The Kier molecular flexibility index (Phi) is 3.55. The molecule has 0 amide bonds. The van der Waals surface area contributed by atoms with E-state index in [2.05, 4.69) is 18.2 Å². The monoisotopic (exact) mass is 162 g/mol. The highest BCUT2D eigenvalue weighted by Crippen LogP contribution is 2.07. The molecule has 0 fully saturated rings. The van der Waals surface area contributed by atoms with Crippen LogP contribution in [0.3, 0.4) is 0 Å². The third kappa shape index (κ3) is 2.89. The van der Waals surface area contributed by atoms with Gasteiger partial charge in [0.1, 0.15) is 0 Å². The number of hydrogen-bond donors (Lipinski definition) is 1. The van der Waals surface area contributed by atoms with Gasteiger partial charge in [-0.15, -0.1) is 0 Å². The third-order valence-corrected chi connectivity index (χ3v) is 1.72. The molecule has 1 aromatic carbocycles. The molecule has 0 atom stereocenters. The highest BCUT2D eigenvalue weighted by atomic mass is 16.2. The first-order chi connectivity index (χ1) is 5.83. The van der Waals surface area contributed by atoms with Crippen molar-refractivity contribution in [3.8, 4) is 0 Å². The van der Waals surface area contributed by atoms with Gasteiger partial charge in [0.15, 0.2) is 0 Å². The molecule has 1 N–H and O–H groups in total. The van der Waals surface area contributed by atoms with Gasteiger partial charge >= 0.3 is 0 Å². The molecule has 64 valence electrons. The van der Waals surface area contributed by atoms with E-state index in [1.807, 2.05) is 25.1 Å². The summed E-state index contributed by atoms with van der Waals surface area (Å²) in [6.45, 7) is 2.26. The molecule has 0 saturated heterocycles. The average Bonchev–Trinajstić information content (AvgIpc) is 2.06. The lowest BCUT2D eigenvalue weighted by Crippen LogP contribution is -1.83. The fourth-order valence-electron chi connectivity index (χ4n) is 1.08. The highest BCUT2D eigenvalue weighted by Gasteiger charge is 1.88. The van der Waals surface area contributed by atoms with Crippen molar-refractivity contribution in [3.63, 3.8) is 0 Å². The van der Waals surface area contributed by atoms with E-state index >= 15 is 0 Å². The van der Waals surface area contributed by atoms with Crippen molar-refractivity contribution in [2.45, 2.75) is 13.3 Å². The van der Waals surface area contributed by atoms with Crippen LogP contribution in [-0.4, -0.2) is 11.7 Å². The van der Waals surface area contributed by atoms with Gasteiger partial charge in [0.05, 0.1) is 0 Å². The smallest absolute Gasteiger partial charge is 0.0468 e. The fraction of sp³-hybridized carbons (Fsp3) is 0.273. The third-order valence-electron chi connectivity index (χ3n) is 1.72. The zero-order valence-electron chi connectivity index (χ0n) is 7.33. The Morgan fingerprint density at radius 2 is 2.00 bits per heavy atom. The van der Waals surface area contributed by atoms with Crippen molar-refractivity contribution < 1.29 is 5.11 Å². The molecule has 1 nitrogen and oxygen atoms in total. The summed E-state index contributed by atoms with van der Waals surface area (Å²) in [6.07, 6.45) is 2.85. The number of aliphatic hydroxyl groups is 1. The van der Waals surface area contributed by atoms with Gasteiger partial charge in [0.25, 0.3) is 0 Å². The molecule has 0 bridgehead atoms. The van der Waals surface area contributed by atoms with Crippen molar-refractivity contribution in [1.29, 1.82) is 0 Å². The lowest BCUT2D eigenvalue weighted by atomic mass is 10.1. The van der Waals surface area contributed by atoms with Crippen molar-refractivity contribution in [2.24, 2.45) is 0 Å². The summed E-state index contributed by atoms with van der Waals surface area (Å²) in [6, 6.07) is 10.1. The van der Waals surface area contributed by atoms with Gasteiger partial charge in [0.2, 0.25) is 0 Å². The summed E-state index contributed by atoms with van der Waals surface area (Å²) in [4.78, 5) is 0. The predicted octanol–water partition coefficient (Wildman–Crippen LogP) is 2.47. The van der Waals surface area contributed by atoms with Crippen LogP contribution in [0.15, 0.2) is 35.9 Å². The van der Waals surface area contributed by atoms with E-state index in [4.69, 9.17) is 5.11 Å². The Hall–Kier alpha value is -1.08. The largest absolute Gasteiger partial charge is 0.396 e. The summed E-state index contributed by atoms with van der Waals surface area (Å²) in [7, 11) is 0. The molecule has 1 heteroatoms. The van der Waals surface area contributed by atoms with E-state index in [0.29, 0.717) is 0 Å². The van der Waals surface area contributed by atoms with E-state index < -0.39 is 0 Å². The van der Waals surface area contributed by atoms with Crippen molar-refractivity contribution in [3.05, 3.63) is 41.5 Å². The van der Waals surface area contributed by atoms with Crippen LogP contribution in [0.5, 0.6) is 0 Å². The van der Waals surface area contributed by atoms with Gasteiger partial charge < -0.3 is 5.11 Å². The molecule has 0 aromatic heterocycles. The SMILES string of the molecule is CC(=Cc1ccccc1)CCO. The Balaban J connectivity index is 2.67. The zero-order chi connectivity index (χ0) is 8.81. The van der Waals surface area contributed by atoms with Crippen LogP contribution in [-0.2, 0) is 0 Å². The molecule has 0 saturated carbocycles. The van der Waals surface area contributed by atoms with Crippen LogP contribution < -0.4 is 0 Å². The molecule has 0 aliphatic heterocycles. The Morgan fingerprint density at radius 1 is 1.33 bits per heavy atom. The minimum absolute atomic E-state index is 0.231. The van der Waals surface area contributed by atoms with E-state index in [0.717, 1.165) is 6.42 Å². The topological polar surface area (TPSA) is 20.2 Å². The first-order valence-corrected chi connectivity index (χ1v) is 4.16. The molecule has 0 aliphatic rings. The first-order valence-electron chi connectivity index (χ1n) is 4.16. The Labute approximate surface area is 73.4 Å². The normalized spacial score (nSPS) is 11.7. The number of benzene rings is 1. The second kappa shape index (κ2) is 4.73. The van der Waals surface area contributed by atoms with Gasteiger partial charge in [-0.1, -0.05) is 42.0 Å². The lowest BCUT2D eigenvalue weighted by Gasteiger charge is -1.97. The molecule has 1 rings (SSSR count). The molecule has 0 radical (unpaired) electrons. The first kappa shape index (κ1) is 9.01. The summed E-state index contributed by atoms with van der Waals surface area (Å²) >= 11 is 0. The van der Waals surface area contributed by atoms with Crippen LogP contribution in [0.2, 0.25) is 0 Å². The fourth-order valence-corrected chi connectivity index (χ4v) is 1.08. The summed E-state index contributed by atoms with van der Waals surface area (Å²) in [5.74, 6) is 0. The van der Waals surface area contributed by atoms with Gasteiger partial charge in [-0.3, -0.25) is 0 Å². The molecular weight excluding hydrogens is 148 g/mol. The summed E-state index contributed by atoms with van der Waals surface area (Å²) in [5.41, 5.74) is 2.41. The van der Waals surface area contributed by atoms with Gasteiger partial charge in [-0.05, 0) is 18.9 Å². The lowest BCUT2D eigenvalue weighted by molar-refractivity contribution is 0.299. The predicted molar refractivity (Wildman–Crippen MR) is 51.8 cm³/mol. The van der Waals surface area contributed by atoms with Gasteiger partial charge in [-0.25, -0.2) is 0 Å². The highest BCUT2D eigenvalue weighted by molar-refractivity contribution is 5.51. The molecule has 0 heterocycles. The number of hydrogen-bond acceptors (Lipinski definition) is 1. The average molecular weight is 162 g/mol. The van der Waals surface area contributed by atoms with E-state index in [-0.39, 0.29) is 6.61 Å². The van der Waals surface area contributed by atoms with Crippen LogP contribution >= 0.6 is 0 Å². The molecule has 0 spiro atoms. The minimum atomic E-state index is 0.231. The standard InChI is InChI=1S/C11H14O/c1-10(7-8-12)9-11-5-3-2-4-6-11/h2-6,9,12H,7-8H2,1H3. The van der Waals surface area contributed by atoms with Crippen molar-refractivity contribution in [1.82, 2.24) is 0 Å². The van der Waals surface area contributed by atoms with Crippen molar-refractivity contribution >= 4 is 6.08 Å². The molecule has 0 aliphatic carbocycles. The van der Waals surface area contributed by atoms with Crippen LogP contribution in [0, 0.1) is 0 Å². The van der Waals surface area contributed by atoms with E-state index in [1.165, 1.54) is 11.1 Å². The maximum absolute atomic E-state index is 8.67. The van der Waals surface area contributed by atoms with Crippen LogP contribution in [0.25, 0.3) is 6.08 Å². The zero-order valence-corrected chi connectivity index (χ0v) is 7.33. The van der Waals surface area contributed by atoms with E-state index in [1.54, 1.807) is 0 Å². The van der Waals surface area contributed by atoms with Gasteiger partial charge in [0, 0.05) is 6.61 Å². The molecule has 0 unspecified atom stereocenters. The minimum Gasteiger partial charge on any atom is -0.396 e. The molecule has 12 heavy (non-hydrogen) atoms. The summed E-state index contributed by atoms with van der Waals surface area (Å²) < 4.78 is 0. The Bertz CT molecular complexity index is 249. The Morgan fingerprint density at radius 3 is 2.58 bits per heavy atom. The van der Waals surface area contributed by atoms with Crippen LogP contribution in [0.1, 0.15) is 18.9 Å². The van der Waals surface area contributed by atoms with Crippen molar-refractivity contribution in [2.75, 3.05) is 6.61 Å². The maximum Gasteiger partial charge on any atom is 0.0468 e. The van der Waals surface area contributed by atoms with Gasteiger partial charge in [-0.2, -0.15) is 0 Å². The van der Waals surface area contributed by atoms with E-state index in [9.17, 15) is 0 Å². The maximum atomic E-state index is 8.67. The quantitative estimate of drug-likeness (QED) is 0.724. The second-order valence-electron chi connectivity index (χ2n) is 2.87. The molecule has 1 aromatic rings. The number of aliphatic hydroxyl groups excluding tert-OH is 1. The number of rotatable bonds is 3.